The molecule has 0 bridgehead atoms. The topological polar surface area (TPSA) is 80.3 Å². The molecule has 154 valence electrons. The summed E-state index contributed by atoms with van der Waals surface area (Å²) in [5.74, 6) is 0.153. The number of hydrogen-bond donors (Lipinski definition) is 2. The summed E-state index contributed by atoms with van der Waals surface area (Å²) in [5, 5.41) is 6.15. The van der Waals surface area contributed by atoms with Crippen molar-refractivity contribution in [1.82, 2.24) is 15.6 Å². The van der Waals surface area contributed by atoms with Gasteiger partial charge in [-0.15, -0.1) is 0 Å². The number of ether oxygens (including phenoxy) is 1. The van der Waals surface area contributed by atoms with Crippen molar-refractivity contribution in [3.05, 3.63) is 70.1 Å². The predicted molar refractivity (Wildman–Crippen MR) is 115 cm³/mol. The van der Waals surface area contributed by atoms with Gasteiger partial charge in [-0.1, -0.05) is 43.6 Å². The maximum absolute atomic E-state index is 12.1. The number of aromatic nitrogens is 1. The van der Waals surface area contributed by atoms with E-state index in [0.29, 0.717) is 45.9 Å². The van der Waals surface area contributed by atoms with Gasteiger partial charge in [0.15, 0.2) is 6.61 Å². The molecule has 0 radical (unpaired) electrons. The third kappa shape index (κ3) is 7.40. The molecule has 0 atom stereocenters. The van der Waals surface area contributed by atoms with Crippen LogP contribution < -0.4 is 15.4 Å². The van der Waals surface area contributed by atoms with Crippen molar-refractivity contribution in [3.63, 3.8) is 0 Å². The number of benzene rings is 1. The van der Waals surface area contributed by atoms with Crippen molar-refractivity contribution >= 4 is 35.0 Å². The fraction of sp³-hybridized carbons (Fsp3) is 0.286. The molecule has 0 saturated heterocycles. The Bertz CT molecular complexity index is 883. The van der Waals surface area contributed by atoms with Gasteiger partial charge in [0, 0.05) is 36.6 Å². The smallest absolute Gasteiger partial charge is 0.262 e. The predicted octanol–water partition coefficient (Wildman–Crippen LogP) is 4.34. The Morgan fingerprint density at radius 2 is 1.93 bits per heavy atom. The largest absolute Gasteiger partial charge is 0.484 e. The molecule has 2 rings (SSSR count). The number of halogens is 2. The lowest BCUT2D eigenvalue weighted by Gasteiger charge is -2.11. The summed E-state index contributed by atoms with van der Waals surface area (Å²) in [6, 6.07) is 8.32. The van der Waals surface area contributed by atoms with Crippen LogP contribution in [0.25, 0.3) is 0 Å². The number of hydrogen-bond acceptors (Lipinski definition) is 4. The highest BCUT2D eigenvalue weighted by Crippen LogP contribution is 2.26. The lowest BCUT2D eigenvalue weighted by molar-refractivity contribution is -0.122. The average molecular weight is 436 g/mol. The Kier molecular flexibility index (Phi) is 8.49. The number of rotatable bonds is 9. The normalized spacial score (nSPS) is 10.5. The number of carbonyl (C=O) groups is 2. The summed E-state index contributed by atoms with van der Waals surface area (Å²) in [5.41, 5.74) is 1.89. The molecule has 1 aromatic heterocycles. The lowest BCUT2D eigenvalue weighted by atomic mass is 10.1. The molecule has 0 fully saturated rings. The standard InChI is InChI=1S/C21H23Cl2N3O3/c1-13(2)19-7-4-15(11-25-19)21(28)24-9-8-14(3)26-20(27)12-29-16-5-6-17(22)18(23)10-16/h4-7,10-11,13H,3,8-9,12H2,1-2H3,(H,24,28)(H,26,27). The quantitative estimate of drug-likeness (QED) is 0.613. The van der Waals surface area contributed by atoms with Crippen molar-refractivity contribution in [1.29, 1.82) is 0 Å². The summed E-state index contributed by atoms with van der Waals surface area (Å²) in [7, 11) is 0. The van der Waals surface area contributed by atoms with E-state index < -0.39 is 0 Å². The van der Waals surface area contributed by atoms with Gasteiger partial charge in [0.25, 0.3) is 11.8 Å². The first-order valence-electron chi connectivity index (χ1n) is 9.06. The van der Waals surface area contributed by atoms with Crippen LogP contribution in [0.1, 0.15) is 42.2 Å². The van der Waals surface area contributed by atoms with Crippen LogP contribution in [-0.4, -0.2) is 29.9 Å². The van der Waals surface area contributed by atoms with Gasteiger partial charge in [-0.05, 0) is 30.2 Å². The second-order valence-corrected chi connectivity index (χ2v) is 7.46. The summed E-state index contributed by atoms with van der Waals surface area (Å²) < 4.78 is 5.36. The molecule has 0 spiro atoms. The van der Waals surface area contributed by atoms with E-state index in [2.05, 4.69) is 22.2 Å². The van der Waals surface area contributed by atoms with Gasteiger partial charge in [-0.25, -0.2) is 0 Å². The number of nitrogens with one attached hydrogen (secondary N) is 2. The second-order valence-electron chi connectivity index (χ2n) is 6.65. The Labute approximate surface area is 180 Å². The molecule has 2 aromatic rings. The van der Waals surface area contributed by atoms with E-state index in [1.165, 1.54) is 6.07 Å². The zero-order valence-corrected chi connectivity index (χ0v) is 17.8. The van der Waals surface area contributed by atoms with Gasteiger partial charge in [-0.3, -0.25) is 14.6 Å². The van der Waals surface area contributed by atoms with Crippen LogP contribution in [0.3, 0.4) is 0 Å². The molecule has 0 aliphatic heterocycles. The molecule has 0 unspecified atom stereocenters. The second kappa shape index (κ2) is 10.8. The SMILES string of the molecule is C=C(CCNC(=O)c1ccc(C(C)C)nc1)NC(=O)COc1ccc(Cl)c(Cl)c1. The third-order valence-electron chi connectivity index (χ3n) is 3.93. The van der Waals surface area contributed by atoms with E-state index in [1.807, 2.05) is 19.9 Å². The minimum atomic E-state index is -0.360. The molecule has 1 aromatic carbocycles. The average Bonchev–Trinajstić information content (AvgIpc) is 2.68. The molecule has 8 heteroatoms. The Morgan fingerprint density at radius 1 is 1.17 bits per heavy atom. The van der Waals surface area contributed by atoms with Crippen molar-refractivity contribution in [2.75, 3.05) is 13.2 Å². The molecular formula is C21H23Cl2N3O3. The van der Waals surface area contributed by atoms with Crippen LogP contribution in [0, 0.1) is 0 Å². The van der Waals surface area contributed by atoms with Crippen molar-refractivity contribution < 1.29 is 14.3 Å². The van der Waals surface area contributed by atoms with Gasteiger partial charge in [0.05, 0.1) is 15.6 Å². The van der Waals surface area contributed by atoms with Gasteiger partial charge in [0.1, 0.15) is 5.75 Å². The maximum Gasteiger partial charge on any atom is 0.262 e. The van der Waals surface area contributed by atoms with E-state index >= 15 is 0 Å². The van der Waals surface area contributed by atoms with E-state index in [9.17, 15) is 9.59 Å². The van der Waals surface area contributed by atoms with Gasteiger partial charge in [-0.2, -0.15) is 0 Å². The molecule has 6 nitrogen and oxygen atoms in total. The molecule has 0 saturated carbocycles. The molecule has 29 heavy (non-hydrogen) atoms. The van der Waals surface area contributed by atoms with Gasteiger partial charge in [0.2, 0.25) is 0 Å². The molecule has 1 heterocycles. The number of pyridine rings is 1. The lowest BCUT2D eigenvalue weighted by Crippen LogP contribution is -2.31. The van der Waals surface area contributed by atoms with Crippen LogP contribution in [-0.2, 0) is 4.79 Å². The fourth-order valence-corrected chi connectivity index (χ4v) is 2.61. The Balaban J connectivity index is 1.69. The highest BCUT2D eigenvalue weighted by Gasteiger charge is 2.09. The number of amides is 2. The summed E-state index contributed by atoms with van der Waals surface area (Å²) in [4.78, 5) is 28.3. The van der Waals surface area contributed by atoms with Crippen LogP contribution in [0.2, 0.25) is 10.0 Å². The van der Waals surface area contributed by atoms with Crippen LogP contribution in [0.15, 0.2) is 48.8 Å². The van der Waals surface area contributed by atoms with E-state index in [4.69, 9.17) is 27.9 Å². The minimum absolute atomic E-state index is 0.197. The van der Waals surface area contributed by atoms with Crippen LogP contribution in [0.5, 0.6) is 5.75 Å². The Morgan fingerprint density at radius 3 is 2.55 bits per heavy atom. The van der Waals surface area contributed by atoms with Crippen molar-refractivity contribution in [2.24, 2.45) is 0 Å². The molecule has 0 aliphatic carbocycles. The number of carbonyl (C=O) groups excluding carboxylic acids is 2. The molecule has 0 aliphatic rings. The van der Waals surface area contributed by atoms with Crippen LogP contribution >= 0.6 is 23.2 Å². The van der Waals surface area contributed by atoms with Gasteiger partial charge >= 0.3 is 0 Å². The van der Waals surface area contributed by atoms with Crippen molar-refractivity contribution in [2.45, 2.75) is 26.2 Å². The molecule has 2 N–H and O–H groups in total. The van der Waals surface area contributed by atoms with E-state index in [1.54, 1.807) is 24.4 Å². The zero-order chi connectivity index (χ0) is 21.4. The zero-order valence-electron chi connectivity index (χ0n) is 16.3. The van der Waals surface area contributed by atoms with Crippen molar-refractivity contribution in [3.8, 4) is 5.75 Å². The van der Waals surface area contributed by atoms with Crippen LogP contribution in [0.4, 0.5) is 0 Å². The Hall–Kier alpha value is -2.57. The minimum Gasteiger partial charge on any atom is -0.484 e. The first kappa shape index (κ1) is 22.7. The van der Waals surface area contributed by atoms with E-state index in [-0.39, 0.29) is 18.4 Å². The highest BCUT2D eigenvalue weighted by atomic mass is 35.5. The molecule has 2 amide bonds. The fourth-order valence-electron chi connectivity index (χ4n) is 2.32. The van der Waals surface area contributed by atoms with Gasteiger partial charge < -0.3 is 15.4 Å². The van der Waals surface area contributed by atoms with E-state index in [0.717, 1.165) is 5.69 Å². The summed E-state index contributed by atoms with van der Waals surface area (Å²) in [6.07, 6.45) is 1.95. The molecular weight excluding hydrogens is 413 g/mol. The summed E-state index contributed by atoms with van der Waals surface area (Å²) in [6.45, 7) is 8.00. The third-order valence-corrected chi connectivity index (χ3v) is 4.67. The summed E-state index contributed by atoms with van der Waals surface area (Å²) >= 11 is 11.7. The highest BCUT2D eigenvalue weighted by molar-refractivity contribution is 6.42. The maximum atomic E-state index is 12.1. The number of nitrogens with zero attached hydrogens (tertiary/aromatic N) is 1. The first-order chi connectivity index (χ1) is 13.8. The monoisotopic (exact) mass is 435 g/mol. The first-order valence-corrected chi connectivity index (χ1v) is 9.81.